The number of hydrogen-bond acceptors (Lipinski definition) is 4. The van der Waals surface area contributed by atoms with Crippen molar-refractivity contribution in [2.45, 2.75) is 36.4 Å². The first-order valence-electron chi connectivity index (χ1n) is 5.68. The van der Waals surface area contributed by atoms with Crippen LogP contribution in [0.4, 0.5) is 0 Å². The van der Waals surface area contributed by atoms with Crippen molar-refractivity contribution in [3.63, 3.8) is 0 Å². The van der Waals surface area contributed by atoms with Crippen molar-refractivity contribution in [1.29, 1.82) is 0 Å². The Kier molecular flexibility index (Phi) is 5.68. The average molecular weight is 287 g/mol. The van der Waals surface area contributed by atoms with E-state index in [9.17, 15) is 9.59 Å². The van der Waals surface area contributed by atoms with Crippen molar-refractivity contribution in [2.24, 2.45) is 0 Å². The highest BCUT2D eigenvalue weighted by atomic mass is 32.2. The second kappa shape index (κ2) is 6.80. The van der Waals surface area contributed by atoms with Gasteiger partial charge in [-0.25, -0.2) is 4.79 Å². The van der Waals surface area contributed by atoms with E-state index in [1.54, 1.807) is 18.3 Å². The fourth-order valence-electron chi connectivity index (χ4n) is 1.55. The van der Waals surface area contributed by atoms with Gasteiger partial charge in [-0.2, -0.15) is 0 Å². The van der Waals surface area contributed by atoms with Crippen molar-refractivity contribution < 1.29 is 14.7 Å². The molecule has 0 saturated carbocycles. The lowest BCUT2D eigenvalue weighted by Gasteiger charge is -2.25. The third-order valence-corrected chi connectivity index (χ3v) is 4.61. The Bertz CT molecular complexity index is 405. The summed E-state index contributed by atoms with van der Waals surface area (Å²) in [6.07, 6.45) is 1.14. The molecule has 4 nitrogen and oxygen atoms in total. The first kappa shape index (κ1) is 15.0. The third kappa shape index (κ3) is 4.34. The largest absolute Gasteiger partial charge is 0.480 e. The molecule has 0 saturated heterocycles. The molecule has 1 aromatic heterocycles. The maximum atomic E-state index is 11.7. The number of rotatable bonds is 7. The van der Waals surface area contributed by atoms with Crippen molar-refractivity contribution in [1.82, 2.24) is 5.32 Å². The second-order valence-electron chi connectivity index (χ2n) is 4.16. The van der Waals surface area contributed by atoms with E-state index in [4.69, 9.17) is 5.11 Å². The van der Waals surface area contributed by atoms with E-state index in [0.717, 1.165) is 4.21 Å². The Labute approximate surface area is 115 Å². The molecule has 0 radical (unpaired) electrons. The van der Waals surface area contributed by atoms with E-state index < -0.39 is 11.5 Å². The molecule has 0 fully saturated rings. The number of carboxylic acids is 1. The lowest BCUT2D eigenvalue weighted by Crippen LogP contribution is -2.52. The van der Waals surface area contributed by atoms with Crippen LogP contribution in [0.1, 0.15) is 26.7 Å². The fraction of sp³-hybridized carbons (Fsp3) is 0.500. The first-order valence-corrected chi connectivity index (χ1v) is 7.55. The molecule has 0 spiro atoms. The molecule has 0 aliphatic rings. The summed E-state index contributed by atoms with van der Waals surface area (Å²) < 4.78 is 1.05. The maximum absolute atomic E-state index is 11.7. The lowest BCUT2D eigenvalue weighted by atomic mass is 9.96. The summed E-state index contributed by atoms with van der Waals surface area (Å²) in [5, 5.41) is 13.7. The minimum atomic E-state index is -1.16. The van der Waals surface area contributed by atoms with Gasteiger partial charge in [-0.15, -0.1) is 23.1 Å². The predicted molar refractivity (Wildman–Crippen MR) is 74.1 cm³/mol. The number of nitrogens with one attached hydrogen (secondary N) is 1. The number of carboxylic acid groups (broad SMARTS) is 1. The zero-order valence-electron chi connectivity index (χ0n) is 10.4. The number of hydrogen-bond donors (Lipinski definition) is 2. The summed E-state index contributed by atoms with van der Waals surface area (Å²) in [5.74, 6) is -0.988. The number of amides is 1. The highest BCUT2D eigenvalue weighted by Crippen LogP contribution is 2.23. The van der Waals surface area contributed by atoms with Crippen LogP contribution in [0, 0.1) is 0 Å². The van der Waals surface area contributed by atoms with Gasteiger partial charge in [0.15, 0.2) is 0 Å². The Hall–Kier alpha value is -1.01. The normalized spacial score (nSPS) is 13.9. The summed E-state index contributed by atoms with van der Waals surface area (Å²) >= 11 is 2.99. The van der Waals surface area contributed by atoms with Gasteiger partial charge in [0, 0.05) is 0 Å². The number of carbonyl (C=O) groups is 2. The van der Waals surface area contributed by atoms with Crippen LogP contribution >= 0.6 is 23.1 Å². The van der Waals surface area contributed by atoms with Gasteiger partial charge in [-0.3, -0.25) is 4.79 Å². The van der Waals surface area contributed by atoms with E-state index in [0.29, 0.717) is 12.8 Å². The smallest absolute Gasteiger partial charge is 0.329 e. The van der Waals surface area contributed by atoms with E-state index in [1.807, 2.05) is 24.4 Å². The molecule has 6 heteroatoms. The van der Waals surface area contributed by atoms with Crippen molar-refractivity contribution in [3.8, 4) is 0 Å². The summed E-state index contributed by atoms with van der Waals surface area (Å²) in [7, 11) is 0. The van der Waals surface area contributed by atoms with E-state index >= 15 is 0 Å². The number of aliphatic carboxylic acids is 1. The summed E-state index contributed by atoms with van der Waals surface area (Å²) in [6.45, 7) is 3.44. The zero-order chi connectivity index (χ0) is 13.6. The molecule has 0 aliphatic heterocycles. The van der Waals surface area contributed by atoms with Crippen LogP contribution in [0.15, 0.2) is 21.7 Å². The SMILES string of the molecule is CCCC(C)(NC(=O)CSc1cccs1)C(=O)O. The fourth-order valence-corrected chi connectivity index (χ4v) is 3.13. The number of thiophene rings is 1. The predicted octanol–water partition coefficient (Wildman–Crippen LogP) is 2.60. The van der Waals surface area contributed by atoms with Gasteiger partial charge < -0.3 is 10.4 Å². The summed E-state index contributed by atoms with van der Waals surface area (Å²) in [4.78, 5) is 22.9. The van der Waals surface area contributed by atoms with Crippen molar-refractivity contribution in [2.75, 3.05) is 5.75 Å². The average Bonchev–Trinajstić information content (AvgIpc) is 2.79. The Balaban J connectivity index is 2.49. The molecule has 2 N–H and O–H groups in total. The zero-order valence-corrected chi connectivity index (χ0v) is 12.1. The van der Waals surface area contributed by atoms with Crippen LogP contribution in [0.2, 0.25) is 0 Å². The molecule has 0 bridgehead atoms. The van der Waals surface area contributed by atoms with E-state index in [1.165, 1.54) is 11.8 Å². The Morgan fingerprint density at radius 1 is 1.56 bits per heavy atom. The Morgan fingerprint density at radius 2 is 2.28 bits per heavy atom. The highest BCUT2D eigenvalue weighted by Gasteiger charge is 2.33. The van der Waals surface area contributed by atoms with E-state index in [-0.39, 0.29) is 11.7 Å². The molecule has 0 aliphatic carbocycles. The van der Waals surface area contributed by atoms with Gasteiger partial charge in [0.25, 0.3) is 0 Å². The number of thioether (sulfide) groups is 1. The van der Waals surface area contributed by atoms with Gasteiger partial charge in [-0.05, 0) is 24.8 Å². The van der Waals surface area contributed by atoms with Crippen molar-refractivity contribution in [3.05, 3.63) is 17.5 Å². The molecule has 1 heterocycles. The van der Waals surface area contributed by atoms with Crippen LogP contribution in [0.25, 0.3) is 0 Å². The molecule has 1 unspecified atom stereocenters. The summed E-state index contributed by atoms with van der Waals surface area (Å²) in [6, 6.07) is 3.86. The molecule has 1 rings (SSSR count). The molecule has 1 aromatic rings. The van der Waals surface area contributed by atoms with Crippen LogP contribution < -0.4 is 5.32 Å². The standard InChI is InChI=1S/C12H17NO3S2/c1-3-6-12(2,11(15)16)13-9(14)8-18-10-5-4-7-17-10/h4-5,7H,3,6,8H2,1-2H3,(H,13,14)(H,15,16). The molecular weight excluding hydrogens is 270 g/mol. The molecular formula is C12H17NO3S2. The van der Waals surface area contributed by atoms with E-state index in [2.05, 4.69) is 5.32 Å². The van der Waals surface area contributed by atoms with Crippen LogP contribution in [0.3, 0.4) is 0 Å². The minimum absolute atomic E-state index is 0.243. The Morgan fingerprint density at radius 3 is 2.78 bits per heavy atom. The first-order chi connectivity index (χ1) is 8.48. The molecule has 1 amide bonds. The topological polar surface area (TPSA) is 66.4 Å². The third-order valence-electron chi connectivity index (χ3n) is 2.48. The quantitative estimate of drug-likeness (QED) is 0.757. The lowest BCUT2D eigenvalue weighted by molar-refractivity contribution is -0.146. The molecule has 18 heavy (non-hydrogen) atoms. The van der Waals surface area contributed by atoms with Gasteiger partial charge >= 0.3 is 5.97 Å². The monoisotopic (exact) mass is 287 g/mol. The summed E-state index contributed by atoms with van der Waals surface area (Å²) in [5.41, 5.74) is -1.16. The van der Waals surface area contributed by atoms with Crippen LogP contribution in [0.5, 0.6) is 0 Å². The van der Waals surface area contributed by atoms with Crippen molar-refractivity contribution >= 4 is 35.0 Å². The maximum Gasteiger partial charge on any atom is 0.329 e. The molecule has 1 atom stereocenters. The minimum Gasteiger partial charge on any atom is -0.480 e. The molecule has 100 valence electrons. The second-order valence-corrected chi connectivity index (χ2v) is 6.38. The van der Waals surface area contributed by atoms with Gasteiger partial charge in [0.1, 0.15) is 5.54 Å². The van der Waals surface area contributed by atoms with Gasteiger partial charge in [-0.1, -0.05) is 19.4 Å². The number of carbonyl (C=O) groups excluding carboxylic acids is 1. The van der Waals surface area contributed by atoms with Gasteiger partial charge in [0.2, 0.25) is 5.91 Å². The van der Waals surface area contributed by atoms with Crippen LogP contribution in [-0.2, 0) is 9.59 Å². The van der Waals surface area contributed by atoms with Gasteiger partial charge in [0.05, 0.1) is 9.96 Å². The van der Waals surface area contributed by atoms with Crippen LogP contribution in [-0.4, -0.2) is 28.3 Å². The highest BCUT2D eigenvalue weighted by molar-refractivity contribution is 8.01. The molecule has 0 aromatic carbocycles.